The van der Waals surface area contributed by atoms with Gasteiger partial charge in [-0.05, 0) is 61.6 Å². The molecular weight excluding hydrogens is 366 g/mol. The van der Waals surface area contributed by atoms with Crippen molar-refractivity contribution < 1.29 is 14.7 Å². The minimum atomic E-state index is -0.635. The fourth-order valence-electron chi connectivity index (χ4n) is 4.32. The smallest absolute Gasteiger partial charge is 0.319 e. The molecule has 1 fully saturated rings. The molecule has 0 saturated carbocycles. The van der Waals surface area contributed by atoms with Crippen LogP contribution >= 0.6 is 0 Å². The van der Waals surface area contributed by atoms with Crippen molar-refractivity contribution in [2.75, 3.05) is 11.9 Å². The Balaban J connectivity index is 1.37. The summed E-state index contributed by atoms with van der Waals surface area (Å²) in [5.41, 5.74) is 3.24. The van der Waals surface area contributed by atoms with Gasteiger partial charge in [-0.1, -0.05) is 24.3 Å². The zero-order valence-corrected chi connectivity index (χ0v) is 16.6. The maximum absolute atomic E-state index is 12.7. The highest BCUT2D eigenvalue weighted by molar-refractivity contribution is 5.96. The average Bonchev–Trinajstić information content (AvgIpc) is 3.03. The first-order valence-corrected chi connectivity index (χ1v) is 10.3. The second kappa shape index (κ2) is 8.25. The van der Waals surface area contributed by atoms with Gasteiger partial charge in [-0.15, -0.1) is 0 Å². The highest BCUT2D eigenvalue weighted by Gasteiger charge is 2.32. The Hall–Kier alpha value is -2.86. The van der Waals surface area contributed by atoms with E-state index >= 15 is 0 Å². The number of anilines is 1. The first-order valence-electron chi connectivity index (χ1n) is 10.3. The first-order chi connectivity index (χ1) is 14.0. The lowest BCUT2D eigenvalue weighted by atomic mass is 10.0. The van der Waals surface area contributed by atoms with Crippen molar-refractivity contribution in [2.24, 2.45) is 0 Å². The normalized spacial score (nSPS) is 23.4. The summed E-state index contributed by atoms with van der Waals surface area (Å²) in [7, 11) is 0. The molecule has 2 aromatic rings. The third kappa shape index (κ3) is 4.12. The molecule has 0 unspecified atom stereocenters. The summed E-state index contributed by atoms with van der Waals surface area (Å²) in [6, 6.07) is 14.2. The molecule has 3 atom stereocenters. The molecule has 1 heterocycles. The number of nitrogens with zero attached hydrogens (tertiary/aromatic N) is 1. The minimum Gasteiger partial charge on any atom is -0.390 e. The quantitative estimate of drug-likeness (QED) is 0.747. The van der Waals surface area contributed by atoms with Crippen molar-refractivity contribution in [3.05, 3.63) is 65.2 Å². The van der Waals surface area contributed by atoms with Gasteiger partial charge < -0.3 is 20.6 Å². The SMILES string of the molecule is C[C@H]1CCCCN1C(=O)c1ccc(NC(=O)N[C@@H]2c3ccccc3C[C@@H]2O)cc1. The summed E-state index contributed by atoms with van der Waals surface area (Å²) in [5.74, 6) is 0.0406. The second-order valence-electron chi connectivity index (χ2n) is 7.97. The molecule has 0 aromatic heterocycles. The number of benzene rings is 2. The van der Waals surface area contributed by atoms with E-state index in [0.29, 0.717) is 17.7 Å². The lowest BCUT2D eigenvalue weighted by Crippen LogP contribution is -2.42. The molecule has 152 valence electrons. The third-order valence-electron chi connectivity index (χ3n) is 5.94. The lowest BCUT2D eigenvalue weighted by molar-refractivity contribution is 0.0635. The second-order valence-corrected chi connectivity index (χ2v) is 7.97. The van der Waals surface area contributed by atoms with Crippen LogP contribution in [0.1, 0.15) is 53.7 Å². The molecule has 1 aliphatic heterocycles. The van der Waals surface area contributed by atoms with Crippen LogP contribution in [0.4, 0.5) is 10.5 Å². The molecule has 3 amide bonds. The van der Waals surface area contributed by atoms with Crippen LogP contribution in [0.2, 0.25) is 0 Å². The number of carbonyl (C=O) groups excluding carboxylic acids is 2. The molecule has 3 N–H and O–H groups in total. The minimum absolute atomic E-state index is 0.0406. The van der Waals surface area contributed by atoms with Crippen molar-refractivity contribution >= 4 is 17.6 Å². The van der Waals surface area contributed by atoms with Gasteiger partial charge in [0.25, 0.3) is 5.91 Å². The van der Waals surface area contributed by atoms with Gasteiger partial charge in [0.2, 0.25) is 0 Å². The van der Waals surface area contributed by atoms with E-state index < -0.39 is 12.1 Å². The van der Waals surface area contributed by atoms with Crippen LogP contribution in [0.25, 0.3) is 0 Å². The number of rotatable bonds is 3. The van der Waals surface area contributed by atoms with E-state index in [-0.39, 0.29) is 18.0 Å². The average molecular weight is 393 g/mol. The van der Waals surface area contributed by atoms with E-state index in [1.165, 1.54) is 6.42 Å². The van der Waals surface area contributed by atoms with E-state index in [2.05, 4.69) is 17.6 Å². The zero-order valence-electron chi connectivity index (χ0n) is 16.6. The zero-order chi connectivity index (χ0) is 20.4. The van der Waals surface area contributed by atoms with Crippen molar-refractivity contribution in [1.82, 2.24) is 10.2 Å². The number of urea groups is 1. The Morgan fingerprint density at radius 1 is 1.07 bits per heavy atom. The van der Waals surface area contributed by atoms with Crippen LogP contribution in [0, 0.1) is 0 Å². The van der Waals surface area contributed by atoms with Crippen LogP contribution in [0.15, 0.2) is 48.5 Å². The highest BCUT2D eigenvalue weighted by atomic mass is 16.3. The molecule has 6 nitrogen and oxygen atoms in total. The largest absolute Gasteiger partial charge is 0.390 e. The van der Waals surface area contributed by atoms with Gasteiger partial charge in [0.05, 0.1) is 12.1 Å². The van der Waals surface area contributed by atoms with Crippen LogP contribution in [-0.2, 0) is 6.42 Å². The van der Waals surface area contributed by atoms with Crippen molar-refractivity contribution in [3.8, 4) is 0 Å². The number of aliphatic hydroxyl groups is 1. The molecule has 1 aliphatic carbocycles. The Bertz CT molecular complexity index is 896. The molecule has 4 rings (SSSR count). The predicted octanol–water partition coefficient (Wildman–Crippen LogP) is 3.48. The predicted molar refractivity (Wildman–Crippen MR) is 112 cm³/mol. The number of fused-ring (bicyclic) bond motifs is 1. The Labute approximate surface area is 170 Å². The molecule has 2 aliphatic rings. The summed E-state index contributed by atoms with van der Waals surface area (Å²) in [4.78, 5) is 27.1. The highest BCUT2D eigenvalue weighted by Crippen LogP contribution is 2.31. The van der Waals surface area contributed by atoms with Gasteiger partial charge in [0, 0.05) is 30.3 Å². The molecule has 0 spiro atoms. The molecular formula is C23H27N3O3. The van der Waals surface area contributed by atoms with Crippen molar-refractivity contribution in [3.63, 3.8) is 0 Å². The number of amides is 3. The number of aliphatic hydroxyl groups excluding tert-OH is 1. The van der Waals surface area contributed by atoms with E-state index in [1.54, 1.807) is 24.3 Å². The van der Waals surface area contributed by atoms with Crippen LogP contribution in [0.5, 0.6) is 0 Å². The van der Waals surface area contributed by atoms with Gasteiger partial charge in [0.1, 0.15) is 0 Å². The van der Waals surface area contributed by atoms with Crippen molar-refractivity contribution in [1.29, 1.82) is 0 Å². The van der Waals surface area contributed by atoms with Crippen LogP contribution < -0.4 is 10.6 Å². The number of piperidine rings is 1. The standard InChI is InChI=1S/C23H27N3O3/c1-15-6-4-5-13-26(15)22(28)16-9-11-18(12-10-16)24-23(29)25-21-19-8-3-2-7-17(19)14-20(21)27/h2-3,7-12,15,20-21,27H,4-6,13-14H2,1H3,(H2,24,25,29)/t15-,20-,21+/m0/s1. The summed E-state index contributed by atoms with van der Waals surface area (Å²) in [6.45, 7) is 2.89. The van der Waals surface area contributed by atoms with Gasteiger partial charge in [0.15, 0.2) is 0 Å². The van der Waals surface area contributed by atoms with Crippen LogP contribution in [0.3, 0.4) is 0 Å². The van der Waals surface area contributed by atoms with Gasteiger partial charge in [-0.2, -0.15) is 0 Å². The van der Waals surface area contributed by atoms with Gasteiger partial charge in [-0.3, -0.25) is 4.79 Å². The Kier molecular flexibility index (Phi) is 5.53. The molecule has 0 bridgehead atoms. The number of nitrogens with one attached hydrogen (secondary N) is 2. The molecule has 6 heteroatoms. The molecule has 1 saturated heterocycles. The molecule has 2 aromatic carbocycles. The summed E-state index contributed by atoms with van der Waals surface area (Å²) in [5, 5.41) is 15.9. The maximum atomic E-state index is 12.7. The van der Waals surface area contributed by atoms with Crippen LogP contribution in [-0.4, -0.2) is 40.6 Å². The van der Waals surface area contributed by atoms with Gasteiger partial charge in [-0.25, -0.2) is 4.79 Å². The van der Waals surface area contributed by atoms with E-state index in [1.807, 2.05) is 29.2 Å². The Morgan fingerprint density at radius 3 is 2.59 bits per heavy atom. The number of hydrogen-bond acceptors (Lipinski definition) is 3. The summed E-state index contributed by atoms with van der Waals surface area (Å²) >= 11 is 0. The lowest BCUT2D eigenvalue weighted by Gasteiger charge is -2.33. The van der Waals surface area contributed by atoms with E-state index in [9.17, 15) is 14.7 Å². The summed E-state index contributed by atoms with van der Waals surface area (Å²) in [6.07, 6.45) is 3.16. The molecule has 29 heavy (non-hydrogen) atoms. The first kappa shape index (κ1) is 19.5. The van der Waals surface area contributed by atoms with Gasteiger partial charge >= 0.3 is 6.03 Å². The number of carbonyl (C=O) groups is 2. The Morgan fingerprint density at radius 2 is 1.83 bits per heavy atom. The monoisotopic (exact) mass is 393 g/mol. The fourth-order valence-corrected chi connectivity index (χ4v) is 4.32. The number of likely N-dealkylation sites (tertiary alicyclic amines) is 1. The van der Waals surface area contributed by atoms with E-state index in [0.717, 1.165) is 30.5 Å². The summed E-state index contributed by atoms with van der Waals surface area (Å²) < 4.78 is 0. The molecule has 0 radical (unpaired) electrons. The topological polar surface area (TPSA) is 81.7 Å². The number of hydrogen-bond donors (Lipinski definition) is 3. The van der Waals surface area contributed by atoms with Crippen molar-refractivity contribution in [2.45, 2.75) is 50.8 Å². The third-order valence-corrected chi connectivity index (χ3v) is 5.94. The fraction of sp³-hybridized carbons (Fsp3) is 0.391. The maximum Gasteiger partial charge on any atom is 0.319 e. The van der Waals surface area contributed by atoms with E-state index in [4.69, 9.17) is 0 Å².